The number of carbonyl (C=O) groups excluding carboxylic acids is 2. The van der Waals surface area contributed by atoms with Crippen LogP contribution in [0.3, 0.4) is 0 Å². The number of benzene rings is 2. The highest BCUT2D eigenvalue weighted by molar-refractivity contribution is 9.10. The molecule has 2 rings (SSSR count). The van der Waals surface area contributed by atoms with E-state index >= 15 is 0 Å². The van der Waals surface area contributed by atoms with E-state index in [9.17, 15) is 9.59 Å². The summed E-state index contributed by atoms with van der Waals surface area (Å²) in [5, 5.41) is 6.75. The molecule has 2 aromatic carbocycles. The van der Waals surface area contributed by atoms with Crippen molar-refractivity contribution in [1.29, 1.82) is 0 Å². The van der Waals surface area contributed by atoms with E-state index < -0.39 is 0 Å². The first-order valence-electron chi connectivity index (χ1n) is 10.7. The number of hydrogen-bond donors (Lipinski definition) is 2. The molecule has 8 heteroatoms. The maximum absolute atomic E-state index is 12.0. The lowest BCUT2D eigenvalue weighted by atomic mass is 10.2. The lowest BCUT2D eigenvalue weighted by molar-refractivity contribution is -0.124. The van der Waals surface area contributed by atoms with E-state index in [0.29, 0.717) is 30.4 Å². The number of nitrogens with one attached hydrogen (secondary N) is 2. The Kier molecular flexibility index (Phi) is 10.7. The van der Waals surface area contributed by atoms with E-state index in [1.54, 1.807) is 6.07 Å². The predicted molar refractivity (Wildman–Crippen MR) is 130 cm³/mol. The molecular weight excluding hydrogens is 474 g/mol. The van der Waals surface area contributed by atoms with Gasteiger partial charge in [-0.05, 0) is 66.0 Å². The fraction of sp³-hybridized carbons (Fsp3) is 0.375. The van der Waals surface area contributed by atoms with Crippen molar-refractivity contribution in [2.45, 2.75) is 46.5 Å². The highest BCUT2D eigenvalue weighted by Crippen LogP contribution is 2.36. The molecule has 172 valence electrons. The first-order chi connectivity index (χ1) is 15.4. The number of anilines is 1. The third kappa shape index (κ3) is 8.70. The molecule has 0 aliphatic carbocycles. The summed E-state index contributed by atoms with van der Waals surface area (Å²) >= 11 is 3.51. The third-order valence-corrected chi connectivity index (χ3v) is 4.98. The number of hydrogen-bond acceptors (Lipinski definition) is 5. The molecule has 0 saturated heterocycles. The van der Waals surface area contributed by atoms with Gasteiger partial charge in [0.15, 0.2) is 11.5 Å². The number of nitrogens with zero attached hydrogens (tertiary/aromatic N) is 1. The Morgan fingerprint density at radius 2 is 1.78 bits per heavy atom. The van der Waals surface area contributed by atoms with Crippen LogP contribution in [0, 0.1) is 6.92 Å². The Hall–Kier alpha value is -2.87. The summed E-state index contributed by atoms with van der Waals surface area (Å²) < 4.78 is 12.3. The van der Waals surface area contributed by atoms with Crippen LogP contribution in [0.15, 0.2) is 46.0 Å². The average Bonchev–Trinajstić information content (AvgIpc) is 2.76. The molecule has 2 aromatic rings. The Balaban J connectivity index is 1.87. The largest absolute Gasteiger partial charge is 0.490 e. The second-order valence-electron chi connectivity index (χ2n) is 7.17. The highest BCUT2D eigenvalue weighted by Gasteiger charge is 2.12. The van der Waals surface area contributed by atoms with E-state index in [-0.39, 0.29) is 24.7 Å². The fourth-order valence-electron chi connectivity index (χ4n) is 2.71. The first kappa shape index (κ1) is 25.4. The molecule has 0 aliphatic rings. The molecule has 0 fully saturated rings. The number of hydrazone groups is 1. The van der Waals surface area contributed by atoms with Crippen molar-refractivity contribution in [2.24, 2.45) is 5.10 Å². The predicted octanol–water partition coefficient (Wildman–Crippen LogP) is 5.20. The van der Waals surface area contributed by atoms with Crippen molar-refractivity contribution < 1.29 is 19.1 Å². The van der Waals surface area contributed by atoms with Gasteiger partial charge >= 0.3 is 0 Å². The molecule has 2 N–H and O–H groups in total. The van der Waals surface area contributed by atoms with Gasteiger partial charge < -0.3 is 14.8 Å². The Morgan fingerprint density at radius 1 is 1.06 bits per heavy atom. The molecular formula is C24H30BrN3O4. The van der Waals surface area contributed by atoms with E-state index in [4.69, 9.17) is 9.47 Å². The van der Waals surface area contributed by atoms with Gasteiger partial charge in [-0.1, -0.05) is 31.0 Å². The van der Waals surface area contributed by atoms with Crippen molar-refractivity contribution in [3.63, 3.8) is 0 Å². The van der Waals surface area contributed by atoms with Crippen LogP contribution in [0.1, 0.15) is 50.7 Å². The smallest absolute Gasteiger partial charge is 0.240 e. The van der Waals surface area contributed by atoms with Gasteiger partial charge in [-0.3, -0.25) is 9.59 Å². The fourth-order valence-corrected chi connectivity index (χ4v) is 3.28. The monoisotopic (exact) mass is 503 g/mol. The summed E-state index contributed by atoms with van der Waals surface area (Å²) in [5.74, 6) is 0.695. The molecule has 0 unspecified atom stereocenters. The number of aryl methyl sites for hydroxylation is 1. The van der Waals surface area contributed by atoms with Crippen LogP contribution in [0.5, 0.6) is 11.5 Å². The van der Waals surface area contributed by atoms with Gasteiger partial charge in [0, 0.05) is 18.5 Å². The summed E-state index contributed by atoms with van der Waals surface area (Å²) in [6.07, 6.45) is 3.62. The molecule has 0 heterocycles. The topological polar surface area (TPSA) is 89.0 Å². The van der Waals surface area contributed by atoms with Crippen molar-refractivity contribution in [2.75, 3.05) is 18.5 Å². The minimum Gasteiger partial charge on any atom is -0.490 e. The number of carbonyl (C=O) groups is 2. The number of amides is 2. The van der Waals surface area contributed by atoms with Gasteiger partial charge in [-0.25, -0.2) is 5.43 Å². The first-order valence-corrected chi connectivity index (χ1v) is 11.5. The Labute approximate surface area is 197 Å². The molecule has 0 radical (unpaired) electrons. The van der Waals surface area contributed by atoms with Crippen LogP contribution in [-0.2, 0) is 9.59 Å². The maximum atomic E-state index is 12.0. The van der Waals surface area contributed by atoms with Gasteiger partial charge in [0.1, 0.15) is 0 Å². The molecule has 0 aliphatic heterocycles. The zero-order valence-corrected chi connectivity index (χ0v) is 20.3. The van der Waals surface area contributed by atoms with Crippen molar-refractivity contribution >= 4 is 39.6 Å². The van der Waals surface area contributed by atoms with Crippen molar-refractivity contribution in [3.05, 3.63) is 52.0 Å². The molecule has 32 heavy (non-hydrogen) atoms. The highest BCUT2D eigenvalue weighted by atomic mass is 79.9. The summed E-state index contributed by atoms with van der Waals surface area (Å²) in [4.78, 5) is 24.0. The summed E-state index contributed by atoms with van der Waals surface area (Å²) in [6, 6.07) is 11.1. The van der Waals surface area contributed by atoms with E-state index in [1.807, 2.05) is 44.2 Å². The quantitative estimate of drug-likeness (QED) is 0.236. The van der Waals surface area contributed by atoms with Crippen LogP contribution in [0.2, 0.25) is 0 Å². The Bertz CT molecular complexity index is 930. The van der Waals surface area contributed by atoms with Gasteiger partial charge in [0.05, 0.1) is 23.9 Å². The van der Waals surface area contributed by atoms with Gasteiger partial charge in [0.25, 0.3) is 0 Å². The van der Waals surface area contributed by atoms with E-state index in [1.165, 1.54) is 6.21 Å². The van der Waals surface area contributed by atoms with Crippen LogP contribution >= 0.6 is 15.9 Å². The maximum Gasteiger partial charge on any atom is 0.240 e. The average molecular weight is 504 g/mol. The number of ether oxygens (including phenoxy) is 2. The Morgan fingerprint density at radius 3 is 2.47 bits per heavy atom. The van der Waals surface area contributed by atoms with Crippen molar-refractivity contribution in [3.8, 4) is 11.5 Å². The second-order valence-corrected chi connectivity index (χ2v) is 8.03. The molecule has 0 spiro atoms. The van der Waals surface area contributed by atoms with Gasteiger partial charge in [0.2, 0.25) is 11.8 Å². The minimum atomic E-state index is -0.344. The normalized spacial score (nSPS) is 10.8. The second kappa shape index (κ2) is 13.5. The molecule has 0 saturated carbocycles. The lowest BCUT2D eigenvalue weighted by Gasteiger charge is -2.14. The van der Waals surface area contributed by atoms with Crippen molar-refractivity contribution in [1.82, 2.24) is 5.43 Å². The molecule has 2 amide bonds. The van der Waals surface area contributed by atoms with Crippen LogP contribution in [-0.4, -0.2) is 31.2 Å². The lowest BCUT2D eigenvalue weighted by Crippen LogP contribution is -2.20. The third-order valence-electron chi connectivity index (χ3n) is 4.39. The molecule has 7 nitrogen and oxygen atoms in total. The summed E-state index contributed by atoms with van der Waals surface area (Å²) in [7, 11) is 0. The SMILES string of the molecule is CCCCOc1c(Br)cc(C=NNC(=O)CCC(=O)Nc2ccc(C)cc2)cc1OCC. The number of rotatable bonds is 12. The zero-order chi connectivity index (χ0) is 23.3. The standard InChI is InChI=1S/C24H30BrN3O4/c1-4-6-13-32-24-20(25)14-18(15-21(24)31-5-2)16-26-28-23(30)12-11-22(29)27-19-9-7-17(3)8-10-19/h7-10,14-16H,4-6,11-13H2,1-3H3,(H,27,29)(H,28,30). The van der Waals surface area contributed by atoms with Gasteiger partial charge in [-0.15, -0.1) is 0 Å². The molecule has 0 bridgehead atoms. The minimum absolute atomic E-state index is 0.0349. The summed E-state index contributed by atoms with van der Waals surface area (Å²) in [6.45, 7) is 7.09. The zero-order valence-electron chi connectivity index (χ0n) is 18.7. The number of unbranched alkanes of at least 4 members (excludes halogenated alkanes) is 1. The molecule has 0 aromatic heterocycles. The molecule has 0 atom stereocenters. The van der Waals surface area contributed by atoms with E-state index in [2.05, 4.69) is 38.7 Å². The summed E-state index contributed by atoms with van der Waals surface area (Å²) in [5.41, 5.74) is 5.00. The van der Waals surface area contributed by atoms with E-state index in [0.717, 1.165) is 28.4 Å². The van der Waals surface area contributed by atoms with Crippen LogP contribution in [0.25, 0.3) is 0 Å². The van der Waals surface area contributed by atoms with Gasteiger partial charge in [-0.2, -0.15) is 5.10 Å². The van der Waals surface area contributed by atoms with Crippen LogP contribution < -0.4 is 20.2 Å². The van der Waals surface area contributed by atoms with Crippen LogP contribution in [0.4, 0.5) is 5.69 Å². The number of halogens is 1.